The smallest absolute Gasteiger partial charge is 0.387 e. The van der Waals surface area contributed by atoms with Crippen molar-refractivity contribution in [1.29, 1.82) is 0 Å². The Morgan fingerprint density at radius 3 is 2.57 bits per heavy atom. The number of benzene rings is 1. The molecular formula is C16H24F2IN3O5S. The van der Waals surface area contributed by atoms with E-state index in [1.54, 1.807) is 6.07 Å². The fraction of sp³-hybridized carbons (Fsp3) is 0.562. The Kier molecular flexibility index (Phi) is 9.99. The largest absolute Gasteiger partial charge is 0.454 e. The monoisotopic (exact) mass is 535 g/mol. The lowest BCUT2D eigenvalue weighted by molar-refractivity contribution is -0.0505. The molecule has 0 bridgehead atoms. The van der Waals surface area contributed by atoms with E-state index in [2.05, 4.69) is 20.4 Å². The predicted octanol–water partition coefficient (Wildman–Crippen LogP) is 2.12. The fourth-order valence-electron chi connectivity index (χ4n) is 2.34. The van der Waals surface area contributed by atoms with Gasteiger partial charge in [0.05, 0.1) is 12.3 Å². The van der Waals surface area contributed by atoms with Gasteiger partial charge in [-0.2, -0.15) is 8.78 Å². The first kappa shape index (κ1) is 24.5. The van der Waals surface area contributed by atoms with Crippen LogP contribution in [0.15, 0.2) is 17.1 Å². The second-order valence-electron chi connectivity index (χ2n) is 5.80. The van der Waals surface area contributed by atoms with Gasteiger partial charge in [-0.15, -0.1) is 24.0 Å². The normalized spacial score (nSPS) is 13.2. The molecule has 1 aromatic carbocycles. The molecule has 0 aliphatic carbocycles. The summed E-state index contributed by atoms with van der Waals surface area (Å²) in [4.78, 5) is 4.33. The number of nitrogens with one attached hydrogen (secondary N) is 2. The summed E-state index contributed by atoms with van der Waals surface area (Å²) in [5.74, 6) is 1.24. The van der Waals surface area contributed by atoms with Gasteiger partial charge in [-0.25, -0.2) is 13.4 Å². The van der Waals surface area contributed by atoms with Gasteiger partial charge in [0.1, 0.15) is 15.6 Å². The number of rotatable bonds is 9. The second kappa shape index (κ2) is 11.4. The van der Waals surface area contributed by atoms with Crippen LogP contribution in [0.3, 0.4) is 0 Å². The third kappa shape index (κ3) is 8.20. The van der Waals surface area contributed by atoms with Crippen LogP contribution in [-0.4, -0.2) is 52.9 Å². The number of ether oxygens (including phenoxy) is 3. The van der Waals surface area contributed by atoms with Crippen LogP contribution < -0.4 is 24.8 Å². The van der Waals surface area contributed by atoms with Crippen LogP contribution in [0.1, 0.15) is 18.9 Å². The highest BCUT2D eigenvalue weighted by molar-refractivity contribution is 14.0. The standard InChI is InChI=1S/C16H23F2N3O5S.HI/c1-3-19-16(20-5-4-6-27(2,22)23)21-9-11-7-13-14(25-10-24-13)8-12(11)26-15(17)18;/h7-8,15H,3-6,9-10H2,1-2H3,(H2,19,20,21);1H. The Balaban J connectivity index is 0.00000392. The topological polar surface area (TPSA) is 98.2 Å². The highest BCUT2D eigenvalue weighted by Gasteiger charge is 2.20. The van der Waals surface area contributed by atoms with Gasteiger partial charge in [0, 0.05) is 31.0 Å². The van der Waals surface area contributed by atoms with Crippen molar-refractivity contribution in [2.75, 3.05) is 31.9 Å². The van der Waals surface area contributed by atoms with Crippen LogP contribution in [0.4, 0.5) is 8.78 Å². The van der Waals surface area contributed by atoms with Crippen LogP contribution in [0.2, 0.25) is 0 Å². The Labute approximate surface area is 180 Å². The maximum absolute atomic E-state index is 12.7. The lowest BCUT2D eigenvalue weighted by atomic mass is 10.1. The molecular weight excluding hydrogens is 511 g/mol. The van der Waals surface area contributed by atoms with E-state index in [1.807, 2.05) is 6.92 Å². The molecule has 0 atom stereocenters. The van der Waals surface area contributed by atoms with E-state index in [-0.39, 0.29) is 48.8 Å². The van der Waals surface area contributed by atoms with Crippen LogP contribution in [-0.2, 0) is 16.4 Å². The maximum Gasteiger partial charge on any atom is 0.387 e. The van der Waals surface area contributed by atoms with Crippen molar-refractivity contribution in [2.45, 2.75) is 26.5 Å². The lowest BCUT2D eigenvalue weighted by Gasteiger charge is -2.13. The van der Waals surface area contributed by atoms with Gasteiger partial charge < -0.3 is 24.8 Å². The molecule has 0 fully saturated rings. The molecule has 1 heterocycles. The molecule has 0 radical (unpaired) electrons. The summed E-state index contributed by atoms with van der Waals surface area (Å²) in [7, 11) is -3.03. The van der Waals surface area contributed by atoms with Gasteiger partial charge in [0.15, 0.2) is 17.5 Å². The van der Waals surface area contributed by atoms with Gasteiger partial charge in [0.2, 0.25) is 6.79 Å². The fourth-order valence-corrected chi connectivity index (χ4v) is 3.01. The van der Waals surface area contributed by atoms with E-state index in [9.17, 15) is 17.2 Å². The van der Waals surface area contributed by atoms with Crippen molar-refractivity contribution in [3.63, 3.8) is 0 Å². The summed E-state index contributed by atoms with van der Waals surface area (Å²) in [5.41, 5.74) is 0.410. The van der Waals surface area contributed by atoms with E-state index >= 15 is 0 Å². The molecule has 8 nitrogen and oxygen atoms in total. The molecule has 1 aliphatic rings. The number of hydrogen-bond acceptors (Lipinski definition) is 6. The average Bonchev–Trinajstić information content (AvgIpc) is 3.02. The van der Waals surface area contributed by atoms with Crippen LogP contribution in [0, 0.1) is 0 Å². The molecule has 2 N–H and O–H groups in total. The van der Waals surface area contributed by atoms with Gasteiger partial charge in [-0.05, 0) is 19.4 Å². The third-order valence-electron chi connectivity index (χ3n) is 3.51. The summed E-state index contributed by atoms with van der Waals surface area (Å²) in [6.45, 7) is -0.0456. The first-order valence-electron chi connectivity index (χ1n) is 8.35. The number of sulfone groups is 1. The molecule has 1 aromatic rings. The van der Waals surface area contributed by atoms with Crippen molar-refractivity contribution in [2.24, 2.45) is 4.99 Å². The quantitative estimate of drug-likeness (QED) is 0.217. The molecule has 0 spiro atoms. The molecule has 12 heteroatoms. The van der Waals surface area contributed by atoms with E-state index in [0.717, 1.165) is 0 Å². The van der Waals surface area contributed by atoms with Gasteiger partial charge in [-0.3, -0.25) is 0 Å². The molecule has 0 amide bonds. The zero-order valence-corrected chi connectivity index (χ0v) is 18.7. The minimum absolute atomic E-state index is 0. The number of halogens is 3. The Morgan fingerprint density at radius 2 is 1.96 bits per heavy atom. The number of fused-ring (bicyclic) bond motifs is 1. The van der Waals surface area contributed by atoms with Crippen molar-refractivity contribution in [1.82, 2.24) is 10.6 Å². The zero-order valence-electron chi connectivity index (χ0n) is 15.5. The van der Waals surface area contributed by atoms with Gasteiger partial charge >= 0.3 is 6.61 Å². The Bertz CT molecular complexity index is 778. The van der Waals surface area contributed by atoms with Crippen molar-refractivity contribution in [3.8, 4) is 17.2 Å². The Hall–Kier alpha value is -1.57. The minimum Gasteiger partial charge on any atom is -0.454 e. The number of guanidine groups is 1. The number of hydrogen-bond donors (Lipinski definition) is 2. The van der Waals surface area contributed by atoms with E-state index < -0.39 is 16.4 Å². The van der Waals surface area contributed by atoms with Gasteiger partial charge in [0.25, 0.3) is 0 Å². The van der Waals surface area contributed by atoms with Crippen molar-refractivity contribution in [3.05, 3.63) is 17.7 Å². The second-order valence-corrected chi connectivity index (χ2v) is 8.06. The van der Waals surface area contributed by atoms with E-state index in [4.69, 9.17) is 9.47 Å². The summed E-state index contributed by atoms with van der Waals surface area (Å²) in [6, 6.07) is 2.91. The van der Waals surface area contributed by atoms with Crippen LogP contribution in [0.25, 0.3) is 0 Å². The molecule has 2 rings (SSSR count). The van der Waals surface area contributed by atoms with Crippen LogP contribution >= 0.6 is 24.0 Å². The summed E-state index contributed by atoms with van der Waals surface area (Å²) < 4.78 is 62.7. The average molecular weight is 535 g/mol. The molecule has 0 saturated carbocycles. The molecule has 160 valence electrons. The van der Waals surface area contributed by atoms with Gasteiger partial charge in [-0.1, -0.05) is 0 Å². The first-order chi connectivity index (χ1) is 12.8. The maximum atomic E-state index is 12.7. The first-order valence-corrected chi connectivity index (χ1v) is 10.4. The number of nitrogens with zero attached hydrogens (tertiary/aromatic N) is 1. The van der Waals surface area contributed by atoms with E-state index in [1.165, 1.54) is 12.3 Å². The molecule has 0 aromatic heterocycles. The summed E-state index contributed by atoms with van der Waals surface area (Å²) >= 11 is 0. The van der Waals surface area contributed by atoms with Crippen molar-refractivity contribution < 1.29 is 31.4 Å². The molecule has 28 heavy (non-hydrogen) atoms. The Morgan fingerprint density at radius 1 is 1.29 bits per heavy atom. The lowest BCUT2D eigenvalue weighted by Crippen LogP contribution is -2.38. The predicted molar refractivity (Wildman–Crippen MR) is 112 cm³/mol. The third-order valence-corrected chi connectivity index (χ3v) is 4.54. The van der Waals surface area contributed by atoms with E-state index in [0.29, 0.717) is 42.5 Å². The molecule has 1 aliphatic heterocycles. The highest BCUT2D eigenvalue weighted by Crippen LogP contribution is 2.38. The summed E-state index contributed by atoms with van der Waals surface area (Å²) in [6.07, 6.45) is 1.60. The number of alkyl halides is 2. The number of aliphatic imine (C=N–C) groups is 1. The molecule has 0 saturated heterocycles. The highest BCUT2D eigenvalue weighted by atomic mass is 127. The molecule has 0 unspecified atom stereocenters. The van der Waals surface area contributed by atoms with Crippen molar-refractivity contribution >= 4 is 39.8 Å². The van der Waals surface area contributed by atoms with Crippen LogP contribution in [0.5, 0.6) is 17.2 Å². The summed E-state index contributed by atoms with van der Waals surface area (Å²) in [5, 5.41) is 6.01. The SMILES string of the molecule is CCNC(=NCc1cc2c(cc1OC(F)F)OCO2)NCCCS(C)(=O)=O.I. The zero-order chi connectivity index (χ0) is 19.9. The minimum atomic E-state index is -3.03.